The van der Waals surface area contributed by atoms with Crippen LogP contribution >= 0.6 is 0 Å². The molecule has 0 fully saturated rings. The van der Waals surface area contributed by atoms with E-state index in [1.807, 2.05) is 24.7 Å². The highest BCUT2D eigenvalue weighted by Crippen LogP contribution is 2.34. The van der Waals surface area contributed by atoms with Gasteiger partial charge in [0.25, 0.3) is 0 Å². The zero-order chi connectivity index (χ0) is 19.7. The van der Waals surface area contributed by atoms with E-state index >= 15 is 0 Å². The summed E-state index contributed by atoms with van der Waals surface area (Å²) in [7, 11) is 0. The van der Waals surface area contributed by atoms with Gasteiger partial charge in [0, 0.05) is 29.4 Å². The molecule has 0 unspecified atom stereocenters. The van der Waals surface area contributed by atoms with E-state index < -0.39 is 0 Å². The van der Waals surface area contributed by atoms with Crippen LogP contribution in [0.5, 0.6) is 0 Å². The highest BCUT2D eigenvalue weighted by atomic mass is 14.7. The average molecular weight is 359 g/mol. The predicted octanol–water partition coefficient (Wildman–Crippen LogP) is 6.25. The lowest BCUT2D eigenvalue weighted by molar-refractivity contribution is 0.602. The van der Waals surface area contributed by atoms with Gasteiger partial charge in [0.05, 0.1) is 5.69 Å². The van der Waals surface area contributed by atoms with Gasteiger partial charge in [0.2, 0.25) is 0 Å². The molecule has 0 aliphatic heterocycles. The van der Waals surface area contributed by atoms with Crippen LogP contribution < -0.4 is 0 Å². The van der Waals surface area contributed by atoms with E-state index in [4.69, 9.17) is 4.98 Å². The Bertz CT molecular complexity index is 874. The Hall–Kier alpha value is -2.48. The molecule has 0 saturated carbocycles. The molecule has 0 atom stereocenters. The van der Waals surface area contributed by atoms with Gasteiger partial charge in [-0.25, -0.2) is 0 Å². The molecule has 2 heterocycles. The highest BCUT2D eigenvalue weighted by molar-refractivity contribution is 5.39. The molecular formula is C25H30N2. The van der Waals surface area contributed by atoms with E-state index in [9.17, 15) is 0 Å². The van der Waals surface area contributed by atoms with Gasteiger partial charge in [-0.15, -0.1) is 0 Å². The summed E-state index contributed by atoms with van der Waals surface area (Å²) in [6.45, 7) is 13.4. The van der Waals surface area contributed by atoms with E-state index in [2.05, 4.69) is 89.0 Å². The zero-order valence-corrected chi connectivity index (χ0v) is 17.3. The molecule has 0 aliphatic carbocycles. The van der Waals surface area contributed by atoms with Crippen LogP contribution in [0.3, 0.4) is 0 Å². The molecule has 140 valence electrons. The second kappa shape index (κ2) is 7.26. The monoisotopic (exact) mass is 358 g/mol. The largest absolute Gasteiger partial charge is 0.264 e. The summed E-state index contributed by atoms with van der Waals surface area (Å²) in [5.74, 6) is 0.550. The Labute approximate surface area is 163 Å². The van der Waals surface area contributed by atoms with Crippen LogP contribution in [-0.4, -0.2) is 9.97 Å². The smallest absolute Gasteiger partial charge is 0.0503 e. The Kier molecular flexibility index (Phi) is 5.19. The van der Waals surface area contributed by atoms with Crippen LogP contribution in [0.4, 0.5) is 0 Å². The quantitative estimate of drug-likeness (QED) is 0.538. The van der Waals surface area contributed by atoms with E-state index in [0.717, 1.165) is 5.69 Å². The maximum Gasteiger partial charge on any atom is 0.0503 e. The Balaban J connectivity index is 1.90. The van der Waals surface area contributed by atoms with Crippen LogP contribution in [0.2, 0.25) is 0 Å². The van der Waals surface area contributed by atoms with Crippen LogP contribution in [0.15, 0.2) is 67.1 Å². The number of hydrogen-bond donors (Lipinski definition) is 0. The van der Waals surface area contributed by atoms with Crippen molar-refractivity contribution in [2.45, 2.75) is 58.3 Å². The van der Waals surface area contributed by atoms with E-state index in [0.29, 0.717) is 5.92 Å². The summed E-state index contributed by atoms with van der Waals surface area (Å²) in [6.07, 6.45) is 5.77. The van der Waals surface area contributed by atoms with Crippen LogP contribution in [0, 0.1) is 0 Å². The molecule has 27 heavy (non-hydrogen) atoms. The maximum atomic E-state index is 4.86. The second-order valence-electron chi connectivity index (χ2n) is 8.70. The summed E-state index contributed by atoms with van der Waals surface area (Å²) >= 11 is 0. The molecule has 0 N–H and O–H groups in total. The van der Waals surface area contributed by atoms with Crippen molar-refractivity contribution in [3.05, 3.63) is 95.1 Å². The number of aromatic nitrogens is 2. The normalized spacial score (nSPS) is 12.4. The molecule has 2 nitrogen and oxygen atoms in total. The third-order valence-electron chi connectivity index (χ3n) is 5.81. The highest BCUT2D eigenvalue weighted by Gasteiger charge is 2.27. The summed E-state index contributed by atoms with van der Waals surface area (Å²) < 4.78 is 0. The van der Waals surface area contributed by atoms with Crippen molar-refractivity contribution in [3.8, 4) is 0 Å². The number of rotatable bonds is 5. The molecule has 0 radical (unpaired) electrons. The van der Waals surface area contributed by atoms with Gasteiger partial charge in [0.15, 0.2) is 0 Å². The first kappa shape index (κ1) is 19.3. The fourth-order valence-electron chi connectivity index (χ4n) is 3.46. The van der Waals surface area contributed by atoms with Crippen molar-refractivity contribution in [1.29, 1.82) is 0 Å². The molecule has 0 amide bonds. The van der Waals surface area contributed by atoms with Gasteiger partial charge in [-0.05, 0) is 40.3 Å². The first-order valence-corrected chi connectivity index (χ1v) is 9.71. The minimum Gasteiger partial charge on any atom is -0.264 e. The standard InChI is InChI=1S/C25H30N2/c1-18(2)19-9-11-20(12-10-19)25(5,6)23-14-13-22(17-27-23)24(3,4)21-8-7-15-26-16-21/h7-18H,1-6H3. The Morgan fingerprint density at radius 3 is 1.85 bits per heavy atom. The lowest BCUT2D eigenvalue weighted by Gasteiger charge is -2.28. The van der Waals surface area contributed by atoms with Crippen molar-refractivity contribution in [1.82, 2.24) is 9.97 Å². The third kappa shape index (κ3) is 3.80. The van der Waals surface area contributed by atoms with Crippen molar-refractivity contribution in [3.63, 3.8) is 0 Å². The van der Waals surface area contributed by atoms with Crippen molar-refractivity contribution < 1.29 is 0 Å². The van der Waals surface area contributed by atoms with Gasteiger partial charge in [-0.3, -0.25) is 9.97 Å². The molecule has 0 saturated heterocycles. The van der Waals surface area contributed by atoms with Crippen LogP contribution in [-0.2, 0) is 10.8 Å². The average Bonchev–Trinajstić information content (AvgIpc) is 2.69. The number of benzene rings is 1. The molecule has 3 aromatic rings. The molecule has 3 rings (SSSR count). The molecular weight excluding hydrogens is 328 g/mol. The Morgan fingerprint density at radius 1 is 0.704 bits per heavy atom. The Morgan fingerprint density at radius 2 is 1.33 bits per heavy atom. The van der Waals surface area contributed by atoms with Gasteiger partial charge >= 0.3 is 0 Å². The van der Waals surface area contributed by atoms with Crippen LogP contribution in [0.1, 0.15) is 75.4 Å². The lowest BCUT2D eigenvalue weighted by atomic mass is 9.77. The van der Waals surface area contributed by atoms with Gasteiger partial charge < -0.3 is 0 Å². The van der Waals surface area contributed by atoms with Crippen LogP contribution in [0.25, 0.3) is 0 Å². The van der Waals surface area contributed by atoms with Crippen molar-refractivity contribution in [2.24, 2.45) is 0 Å². The minimum atomic E-state index is -0.132. The third-order valence-corrected chi connectivity index (χ3v) is 5.81. The first-order chi connectivity index (χ1) is 12.7. The summed E-state index contributed by atoms with van der Waals surface area (Å²) in [4.78, 5) is 9.13. The molecule has 0 bridgehead atoms. The van der Waals surface area contributed by atoms with Gasteiger partial charge in [-0.2, -0.15) is 0 Å². The minimum absolute atomic E-state index is 0.122. The van der Waals surface area contributed by atoms with E-state index in [1.165, 1.54) is 22.3 Å². The topological polar surface area (TPSA) is 25.8 Å². The zero-order valence-electron chi connectivity index (χ0n) is 17.3. The van der Waals surface area contributed by atoms with E-state index in [1.54, 1.807) is 0 Å². The lowest BCUT2D eigenvalue weighted by Crippen LogP contribution is -2.23. The molecule has 0 spiro atoms. The first-order valence-electron chi connectivity index (χ1n) is 9.71. The van der Waals surface area contributed by atoms with Gasteiger partial charge in [0.1, 0.15) is 0 Å². The fourth-order valence-corrected chi connectivity index (χ4v) is 3.46. The van der Waals surface area contributed by atoms with E-state index in [-0.39, 0.29) is 10.8 Å². The maximum absolute atomic E-state index is 4.86. The van der Waals surface area contributed by atoms with Crippen molar-refractivity contribution in [2.75, 3.05) is 0 Å². The van der Waals surface area contributed by atoms with Crippen molar-refractivity contribution >= 4 is 0 Å². The molecule has 2 aromatic heterocycles. The predicted molar refractivity (Wildman–Crippen MR) is 113 cm³/mol. The fraction of sp³-hybridized carbons (Fsp3) is 0.360. The summed E-state index contributed by atoms with van der Waals surface area (Å²) in [6, 6.07) is 17.4. The summed E-state index contributed by atoms with van der Waals surface area (Å²) in [5.41, 5.74) is 5.89. The second-order valence-corrected chi connectivity index (χ2v) is 8.70. The molecule has 2 heteroatoms. The summed E-state index contributed by atoms with van der Waals surface area (Å²) in [5, 5.41) is 0. The van der Waals surface area contributed by atoms with Gasteiger partial charge in [-0.1, -0.05) is 77.9 Å². The molecule has 0 aliphatic rings. The SMILES string of the molecule is CC(C)c1ccc(C(C)(C)c2ccc(C(C)(C)c3cccnc3)cn2)cc1. The number of pyridine rings is 2. The number of hydrogen-bond acceptors (Lipinski definition) is 2. The number of nitrogens with zero attached hydrogens (tertiary/aromatic N) is 2. The molecule has 1 aromatic carbocycles.